The Morgan fingerprint density at radius 1 is 0.923 bits per heavy atom. The van der Waals surface area contributed by atoms with Crippen molar-refractivity contribution in [3.8, 4) is 0 Å². The van der Waals surface area contributed by atoms with E-state index >= 15 is 0 Å². The number of hydrogen-bond donors (Lipinski definition) is 1. The van der Waals surface area contributed by atoms with Gasteiger partial charge in [0.15, 0.2) is 0 Å². The van der Waals surface area contributed by atoms with Crippen molar-refractivity contribution >= 4 is 22.8 Å². The number of aromatic nitrogens is 2. The van der Waals surface area contributed by atoms with Crippen LogP contribution in [0.2, 0.25) is 0 Å². The van der Waals surface area contributed by atoms with Gasteiger partial charge in [-0.25, -0.2) is 4.98 Å². The maximum absolute atomic E-state index is 11.0. The normalized spacial score (nSPS) is 12.4. The molecule has 1 aromatic heterocycles. The van der Waals surface area contributed by atoms with Gasteiger partial charge in [-0.05, 0) is 36.8 Å². The summed E-state index contributed by atoms with van der Waals surface area (Å²) in [6, 6.07) is 26.3. The van der Waals surface area contributed by atoms with Crippen LogP contribution in [0.3, 0.4) is 0 Å². The summed E-state index contributed by atoms with van der Waals surface area (Å²) in [6.07, 6.45) is -0.751. The van der Waals surface area contributed by atoms with Gasteiger partial charge in [0.1, 0.15) is 11.9 Å². The number of nitrogens with zero attached hydrogens (tertiary/aromatic N) is 2. The van der Waals surface area contributed by atoms with E-state index in [1.807, 2.05) is 67.6 Å². The van der Waals surface area contributed by atoms with Crippen LogP contribution in [0.5, 0.6) is 0 Å². The monoisotopic (exact) mass is 360 g/mol. The van der Waals surface area contributed by atoms with Gasteiger partial charge in [0.05, 0.1) is 16.9 Å². The van der Waals surface area contributed by atoms with E-state index in [2.05, 4.69) is 22.8 Å². The predicted molar refractivity (Wildman–Crippen MR) is 107 cm³/mol. The molecule has 130 valence electrons. The van der Waals surface area contributed by atoms with Crippen LogP contribution >= 0.6 is 11.8 Å². The van der Waals surface area contributed by atoms with E-state index in [-0.39, 0.29) is 0 Å². The van der Waals surface area contributed by atoms with Crippen LogP contribution in [-0.2, 0) is 5.88 Å². The van der Waals surface area contributed by atoms with Gasteiger partial charge in [-0.1, -0.05) is 60.2 Å². The molecule has 3 aromatic carbocycles. The summed E-state index contributed by atoms with van der Waals surface area (Å²) in [6.45, 7) is 2.04. The number of aryl methyl sites for hydroxylation is 1. The first-order valence-electron chi connectivity index (χ1n) is 8.60. The number of fused-ring (bicyclic) bond motifs is 1. The third-order valence-corrected chi connectivity index (χ3v) is 5.42. The Kier molecular flexibility index (Phi) is 4.78. The lowest BCUT2D eigenvalue weighted by molar-refractivity contribution is 0.206. The number of aliphatic hydroxyl groups is 1. The molecule has 1 unspecified atom stereocenters. The second-order valence-corrected chi connectivity index (χ2v) is 7.30. The molecule has 1 heterocycles. The molecule has 0 amide bonds. The molecule has 4 rings (SSSR count). The minimum atomic E-state index is -0.751. The number of benzene rings is 3. The maximum atomic E-state index is 11.0. The van der Waals surface area contributed by atoms with Crippen molar-refractivity contribution in [1.82, 2.24) is 9.55 Å². The average molecular weight is 360 g/mol. The second kappa shape index (κ2) is 7.36. The fourth-order valence-corrected chi connectivity index (χ4v) is 3.89. The lowest BCUT2D eigenvalue weighted by Gasteiger charge is -2.14. The molecule has 0 radical (unpaired) electrons. The van der Waals surface area contributed by atoms with E-state index in [1.165, 1.54) is 10.5 Å². The van der Waals surface area contributed by atoms with Crippen LogP contribution < -0.4 is 0 Å². The fourth-order valence-electron chi connectivity index (χ4n) is 2.99. The number of imidazole rings is 1. The van der Waals surface area contributed by atoms with Gasteiger partial charge >= 0.3 is 0 Å². The molecule has 4 aromatic rings. The van der Waals surface area contributed by atoms with Crippen molar-refractivity contribution in [2.45, 2.75) is 23.8 Å². The summed E-state index contributed by atoms with van der Waals surface area (Å²) in [4.78, 5) is 5.92. The molecule has 1 N–H and O–H groups in total. The Labute approximate surface area is 157 Å². The summed E-state index contributed by atoms with van der Waals surface area (Å²) < 4.78 is 2.11. The smallest absolute Gasteiger partial charge is 0.144 e. The zero-order chi connectivity index (χ0) is 17.9. The zero-order valence-corrected chi connectivity index (χ0v) is 15.4. The highest BCUT2D eigenvalue weighted by Crippen LogP contribution is 2.29. The molecule has 0 saturated carbocycles. The third kappa shape index (κ3) is 3.39. The topological polar surface area (TPSA) is 38.1 Å². The number of para-hydroxylation sites is 2. The second-order valence-electron chi connectivity index (χ2n) is 6.29. The summed E-state index contributed by atoms with van der Waals surface area (Å²) in [5.74, 6) is 1.38. The van der Waals surface area contributed by atoms with Crippen LogP contribution in [-0.4, -0.2) is 14.7 Å². The van der Waals surface area contributed by atoms with Crippen molar-refractivity contribution < 1.29 is 5.11 Å². The molecular weight excluding hydrogens is 340 g/mol. The molecule has 1 atom stereocenters. The highest BCUT2D eigenvalue weighted by Gasteiger charge is 2.19. The Balaban J connectivity index is 1.72. The first kappa shape index (κ1) is 16.9. The van der Waals surface area contributed by atoms with Gasteiger partial charge in [0.25, 0.3) is 0 Å². The average Bonchev–Trinajstić information content (AvgIpc) is 3.06. The Hall–Kier alpha value is -2.56. The standard InChI is InChI=1S/C22H20N2OS/c1-16-11-13-17(14-12-16)21(25)22-23-19-9-5-6-10-20(19)24(22)15-26-18-7-3-2-4-8-18/h2-14,21,25H,15H2,1H3. The minimum Gasteiger partial charge on any atom is -0.380 e. The molecule has 0 spiro atoms. The van der Waals surface area contributed by atoms with Crippen LogP contribution in [0.4, 0.5) is 0 Å². The van der Waals surface area contributed by atoms with Gasteiger partial charge in [-0.3, -0.25) is 0 Å². The fraction of sp³-hybridized carbons (Fsp3) is 0.136. The van der Waals surface area contributed by atoms with E-state index in [4.69, 9.17) is 4.98 Å². The highest BCUT2D eigenvalue weighted by molar-refractivity contribution is 7.98. The minimum absolute atomic E-state index is 0.679. The number of aliphatic hydroxyl groups excluding tert-OH is 1. The molecule has 0 fully saturated rings. The quantitative estimate of drug-likeness (QED) is 0.499. The van der Waals surface area contributed by atoms with Crippen LogP contribution in [0.1, 0.15) is 23.1 Å². The van der Waals surface area contributed by atoms with Crippen molar-refractivity contribution in [3.05, 3.63) is 95.8 Å². The predicted octanol–water partition coefficient (Wildman–Crippen LogP) is 5.18. The van der Waals surface area contributed by atoms with Gasteiger partial charge in [0, 0.05) is 4.90 Å². The molecule has 0 aliphatic carbocycles. The SMILES string of the molecule is Cc1ccc(C(O)c2nc3ccccc3n2CSc2ccccc2)cc1. The Bertz CT molecular complexity index is 1010. The summed E-state index contributed by atoms with van der Waals surface area (Å²) >= 11 is 1.73. The van der Waals surface area contributed by atoms with Gasteiger partial charge < -0.3 is 9.67 Å². The lowest BCUT2D eigenvalue weighted by atomic mass is 10.1. The molecule has 0 aliphatic rings. The number of hydrogen-bond acceptors (Lipinski definition) is 3. The van der Waals surface area contributed by atoms with E-state index < -0.39 is 6.10 Å². The van der Waals surface area contributed by atoms with Gasteiger partial charge in [0.2, 0.25) is 0 Å². The Morgan fingerprint density at radius 2 is 1.62 bits per heavy atom. The van der Waals surface area contributed by atoms with E-state index in [0.29, 0.717) is 11.7 Å². The molecular formula is C22H20N2OS. The molecule has 3 nitrogen and oxygen atoms in total. The first-order valence-corrected chi connectivity index (χ1v) is 9.58. The first-order chi connectivity index (χ1) is 12.7. The highest BCUT2D eigenvalue weighted by atomic mass is 32.2. The molecule has 0 saturated heterocycles. The molecule has 0 bridgehead atoms. The van der Waals surface area contributed by atoms with Crippen LogP contribution in [0, 0.1) is 6.92 Å². The van der Waals surface area contributed by atoms with Gasteiger partial charge in [-0.2, -0.15) is 0 Å². The number of rotatable bonds is 5. The maximum Gasteiger partial charge on any atom is 0.144 e. The molecule has 0 aliphatic heterocycles. The van der Waals surface area contributed by atoms with Crippen LogP contribution in [0.15, 0.2) is 83.8 Å². The van der Waals surface area contributed by atoms with Gasteiger partial charge in [-0.15, -0.1) is 11.8 Å². The van der Waals surface area contributed by atoms with E-state index in [1.54, 1.807) is 11.8 Å². The third-order valence-electron chi connectivity index (χ3n) is 4.43. The van der Waals surface area contributed by atoms with Crippen molar-refractivity contribution in [3.63, 3.8) is 0 Å². The summed E-state index contributed by atoms with van der Waals surface area (Å²) in [5.41, 5.74) is 3.98. The van der Waals surface area contributed by atoms with E-state index in [9.17, 15) is 5.11 Å². The largest absolute Gasteiger partial charge is 0.380 e. The van der Waals surface area contributed by atoms with Crippen molar-refractivity contribution in [2.24, 2.45) is 0 Å². The summed E-state index contributed by atoms with van der Waals surface area (Å²) in [5, 5.41) is 11.0. The zero-order valence-electron chi connectivity index (χ0n) is 14.5. The molecule has 4 heteroatoms. The Morgan fingerprint density at radius 3 is 2.38 bits per heavy atom. The van der Waals surface area contributed by atoms with Crippen molar-refractivity contribution in [1.29, 1.82) is 0 Å². The van der Waals surface area contributed by atoms with E-state index in [0.717, 1.165) is 16.6 Å². The summed E-state index contributed by atoms with van der Waals surface area (Å²) in [7, 11) is 0. The molecule has 26 heavy (non-hydrogen) atoms. The number of thioether (sulfide) groups is 1. The van der Waals surface area contributed by atoms with Crippen LogP contribution in [0.25, 0.3) is 11.0 Å². The lowest BCUT2D eigenvalue weighted by Crippen LogP contribution is -2.09. The van der Waals surface area contributed by atoms with Crippen molar-refractivity contribution in [2.75, 3.05) is 0 Å².